The van der Waals surface area contributed by atoms with E-state index in [9.17, 15) is 49.1 Å². The van der Waals surface area contributed by atoms with Crippen LogP contribution in [-0.2, 0) is 27.4 Å². The molecule has 0 radical (unpaired) electrons. The molecule has 4 amide bonds. The van der Waals surface area contributed by atoms with Gasteiger partial charge in [-0.05, 0) is 39.0 Å². The van der Waals surface area contributed by atoms with Crippen molar-refractivity contribution in [3.63, 3.8) is 0 Å². The largest absolute Gasteiger partial charge is 0.444 e. The molecule has 0 spiro atoms. The van der Waals surface area contributed by atoms with Gasteiger partial charge in [0.15, 0.2) is 0 Å². The quantitative estimate of drug-likeness (QED) is 0.367. The summed E-state index contributed by atoms with van der Waals surface area (Å²) in [6.07, 6.45) is -10.7. The summed E-state index contributed by atoms with van der Waals surface area (Å²) in [5.74, 6) is -1.84. The number of nitrogens with zero attached hydrogens (tertiary/aromatic N) is 2. The predicted octanol–water partition coefficient (Wildman–Crippen LogP) is 2.87. The van der Waals surface area contributed by atoms with E-state index in [0.717, 1.165) is 4.72 Å². The molecule has 1 aliphatic rings. The lowest BCUT2D eigenvalue weighted by atomic mass is 10.0. The minimum absolute atomic E-state index is 0.0236. The van der Waals surface area contributed by atoms with Crippen molar-refractivity contribution in [1.82, 2.24) is 14.5 Å². The van der Waals surface area contributed by atoms with E-state index in [1.807, 2.05) is 20.8 Å². The van der Waals surface area contributed by atoms with Gasteiger partial charge < -0.3 is 20.3 Å². The van der Waals surface area contributed by atoms with E-state index in [4.69, 9.17) is 15.0 Å². The Morgan fingerprint density at radius 1 is 0.892 bits per heavy atom. The number of hydrogen-bond donors (Lipinski definition) is 3. The Labute approximate surface area is 207 Å². The van der Waals surface area contributed by atoms with Crippen molar-refractivity contribution < 1.29 is 58.4 Å². The van der Waals surface area contributed by atoms with Crippen LogP contribution in [0.15, 0.2) is 18.2 Å². The Bertz CT molecular complexity index is 1080. The molecule has 37 heavy (non-hydrogen) atoms. The number of hydrogen-bond acceptors (Lipinski definition) is 6. The lowest BCUT2D eigenvalue weighted by molar-refractivity contribution is -0.143. The fraction of sp³-hybridized carbons (Fsp3) is 0.526. The van der Waals surface area contributed by atoms with E-state index in [1.54, 1.807) is 4.90 Å². The van der Waals surface area contributed by atoms with E-state index < -0.39 is 56.9 Å². The van der Waals surface area contributed by atoms with Gasteiger partial charge in [-0.3, -0.25) is 9.35 Å². The Morgan fingerprint density at radius 2 is 1.30 bits per heavy atom. The maximum atomic E-state index is 12.5. The first kappa shape index (κ1) is 31.7. The Balaban J connectivity index is 0.000000384. The minimum atomic E-state index is -5.19. The Morgan fingerprint density at radius 3 is 1.62 bits per heavy atom. The highest BCUT2D eigenvalue weighted by Crippen LogP contribution is 2.36. The molecular formula is C19H24F6N4O7S. The number of ether oxygens (including phenoxy) is 1. The molecule has 0 aliphatic carbocycles. The van der Waals surface area contributed by atoms with Crippen LogP contribution in [0.2, 0.25) is 0 Å². The van der Waals surface area contributed by atoms with Crippen LogP contribution in [0.4, 0.5) is 35.9 Å². The third kappa shape index (κ3) is 11.1. The SMILES string of the molecule is CC(C)(C)OC(=O)N1CCN(C(N)=O)CC1.O=C(NS(=O)(=O)O)c1cc(C(F)(F)F)cc(C(F)(F)F)c1. The second-order valence-corrected chi connectivity index (χ2v) is 9.65. The number of carbonyl (C=O) groups is 3. The second kappa shape index (κ2) is 11.4. The van der Waals surface area contributed by atoms with Crippen molar-refractivity contribution in [3.8, 4) is 0 Å². The van der Waals surface area contributed by atoms with E-state index in [2.05, 4.69) is 0 Å². The van der Waals surface area contributed by atoms with Gasteiger partial charge in [0.1, 0.15) is 5.60 Å². The van der Waals surface area contributed by atoms with E-state index in [0.29, 0.717) is 26.2 Å². The molecule has 0 unspecified atom stereocenters. The smallest absolute Gasteiger partial charge is 0.416 e. The van der Waals surface area contributed by atoms with Gasteiger partial charge in [-0.1, -0.05) is 0 Å². The number of amides is 4. The number of halogens is 6. The number of piperazine rings is 1. The van der Waals surface area contributed by atoms with Crippen molar-refractivity contribution in [2.24, 2.45) is 5.73 Å². The van der Waals surface area contributed by atoms with E-state index >= 15 is 0 Å². The van der Waals surface area contributed by atoms with Crippen LogP contribution in [0.5, 0.6) is 0 Å². The summed E-state index contributed by atoms with van der Waals surface area (Å²) >= 11 is 0. The van der Waals surface area contributed by atoms with Gasteiger partial charge in [-0.15, -0.1) is 0 Å². The number of urea groups is 1. The van der Waals surface area contributed by atoms with Gasteiger partial charge in [0.2, 0.25) is 0 Å². The molecule has 1 heterocycles. The molecule has 0 bridgehead atoms. The average Bonchev–Trinajstić information content (AvgIpc) is 2.70. The fourth-order valence-corrected chi connectivity index (χ4v) is 3.05. The lowest BCUT2D eigenvalue weighted by Gasteiger charge is -2.34. The zero-order chi connectivity index (χ0) is 29.0. The fourth-order valence-electron chi connectivity index (χ4n) is 2.70. The maximum absolute atomic E-state index is 12.5. The predicted molar refractivity (Wildman–Crippen MR) is 114 cm³/mol. The van der Waals surface area contributed by atoms with Crippen molar-refractivity contribution in [2.75, 3.05) is 26.2 Å². The summed E-state index contributed by atoms with van der Waals surface area (Å²) in [6, 6.07) is -0.626. The van der Waals surface area contributed by atoms with Gasteiger partial charge in [0, 0.05) is 31.7 Å². The summed E-state index contributed by atoms with van der Waals surface area (Å²) in [7, 11) is -5.13. The molecule has 0 atom stereocenters. The standard InChI is InChI=1S/C10H19N3O3.C9H5F6NO4S/c1-10(2,3)16-9(15)13-6-4-12(5-7-13)8(11)14;10-8(11,12)5-1-4(7(17)16-21(18,19)20)2-6(3-5)9(13,14)15/h4-7H2,1-3H3,(H2,11,14);1-3H,(H,16,17)(H,18,19,20). The minimum Gasteiger partial charge on any atom is -0.444 e. The molecule has 1 fully saturated rings. The molecule has 4 N–H and O–H groups in total. The highest BCUT2D eigenvalue weighted by Gasteiger charge is 2.37. The highest BCUT2D eigenvalue weighted by molar-refractivity contribution is 7.84. The molecule has 1 aromatic carbocycles. The summed E-state index contributed by atoms with van der Waals surface area (Å²) in [4.78, 5) is 36.9. The first-order valence-corrected chi connectivity index (χ1v) is 11.5. The molecule has 1 aliphatic heterocycles. The number of nitrogens with two attached hydrogens (primary N) is 1. The Hall–Kier alpha value is -3.28. The molecule has 0 saturated carbocycles. The van der Waals surface area contributed by atoms with Crippen LogP contribution in [0.3, 0.4) is 0 Å². The maximum Gasteiger partial charge on any atom is 0.416 e. The topological polar surface area (TPSA) is 159 Å². The second-order valence-electron chi connectivity index (χ2n) is 8.49. The zero-order valence-corrected chi connectivity index (χ0v) is 20.4. The van der Waals surface area contributed by atoms with Crippen molar-refractivity contribution in [3.05, 3.63) is 34.9 Å². The van der Waals surface area contributed by atoms with Gasteiger partial charge >= 0.3 is 34.8 Å². The van der Waals surface area contributed by atoms with Crippen LogP contribution in [0, 0.1) is 0 Å². The highest BCUT2D eigenvalue weighted by atomic mass is 32.2. The summed E-state index contributed by atoms with van der Waals surface area (Å²) in [5.41, 5.74) is -0.160. The number of alkyl halides is 6. The van der Waals surface area contributed by atoms with Crippen molar-refractivity contribution in [2.45, 2.75) is 38.7 Å². The van der Waals surface area contributed by atoms with Crippen LogP contribution < -0.4 is 10.5 Å². The normalized spacial score (nSPS) is 14.9. The van der Waals surface area contributed by atoms with Crippen molar-refractivity contribution >= 4 is 28.3 Å². The number of nitrogens with one attached hydrogen (secondary N) is 1. The molecule has 1 saturated heterocycles. The van der Waals surface area contributed by atoms with Crippen LogP contribution in [0.25, 0.3) is 0 Å². The zero-order valence-electron chi connectivity index (χ0n) is 19.6. The number of rotatable bonds is 2. The first-order valence-electron chi connectivity index (χ1n) is 10.1. The monoisotopic (exact) mass is 566 g/mol. The number of primary amides is 1. The molecule has 2 rings (SSSR count). The summed E-state index contributed by atoms with van der Waals surface area (Å²) < 4.78 is 110. The van der Waals surface area contributed by atoms with E-state index in [1.165, 1.54) is 4.90 Å². The number of carbonyl (C=O) groups excluding carboxylic acids is 3. The van der Waals surface area contributed by atoms with Crippen LogP contribution >= 0.6 is 0 Å². The van der Waals surface area contributed by atoms with Gasteiger partial charge in [0.25, 0.3) is 5.91 Å². The Kier molecular flexibility index (Phi) is 9.79. The van der Waals surface area contributed by atoms with Crippen molar-refractivity contribution in [1.29, 1.82) is 0 Å². The molecule has 0 aromatic heterocycles. The summed E-state index contributed by atoms with van der Waals surface area (Å²) in [6.45, 7) is 7.35. The lowest BCUT2D eigenvalue weighted by Crippen LogP contribution is -2.52. The van der Waals surface area contributed by atoms with Gasteiger partial charge in [0.05, 0.1) is 11.1 Å². The average molecular weight is 566 g/mol. The van der Waals surface area contributed by atoms with Crippen LogP contribution in [-0.4, -0.2) is 72.6 Å². The summed E-state index contributed by atoms with van der Waals surface area (Å²) in [5, 5.41) is 0. The van der Waals surface area contributed by atoms with Gasteiger partial charge in [-0.25, -0.2) is 14.3 Å². The molecule has 1 aromatic rings. The molecule has 11 nitrogen and oxygen atoms in total. The van der Waals surface area contributed by atoms with Crippen LogP contribution in [0.1, 0.15) is 42.3 Å². The van der Waals surface area contributed by atoms with E-state index in [-0.39, 0.29) is 24.3 Å². The molecular weight excluding hydrogens is 542 g/mol. The molecule has 210 valence electrons. The van der Waals surface area contributed by atoms with Gasteiger partial charge in [-0.2, -0.15) is 34.8 Å². The third-order valence-corrected chi connectivity index (χ3v) is 4.76. The number of benzene rings is 1. The third-order valence-electron chi connectivity index (χ3n) is 4.31. The first-order chi connectivity index (χ1) is 16.5. The molecule has 18 heteroatoms.